The van der Waals surface area contributed by atoms with E-state index >= 15 is 0 Å². The molecule has 0 aromatic heterocycles. The van der Waals surface area contributed by atoms with Gasteiger partial charge in [0.1, 0.15) is 5.60 Å². The van der Waals surface area contributed by atoms with Crippen molar-refractivity contribution in [3.8, 4) is 0 Å². The van der Waals surface area contributed by atoms with Crippen molar-refractivity contribution in [1.82, 2.24) is 5.32 Å². The first-order chi connectivity index (χ1) is 12.2. The normalized spacial score (nSPS) is 24.4. The average Bonchev–Trinajstić information content (AvgIpc) is 2.46. The van der Waals surface area contributed by atoms with Crippen LogP contribution in [0.15, 0.2) is 12.7 Å². The minimum absolute atomic E-state index is 0.0321. The van der Waals surface area contributed by atoms with Gasteiger partial charge in [-0.1, -0.05) is 33.3 Å². The third-order valence-corrected chi connectivity index (χ3v) is 10.4. The maximum atomic E-state index is 12.3. The van der Waals surface area contributed by atoms with E-state index in [1.165, 1.54) is 12.8 Å². The highest BCUT2D eigenvalue weighted by molar-refractivity contribution is 6.74. The molecule has 1 saturated carbocycles. The van der Waals surface area contributed by atoms with E-state index < -0.39 is 13.9 Å². The highest BCUT2D eigenvalue weighted by Crippen LogP contribution is 2.40. The van der Waals surface area contributed by atoms with Gasteiger partial charge in [0.15, 0.2) is 8.32 Å². The first kappa shape index (κ1) is 24.2. The van der Waals surface area contributed by atoms with Gasteiger partial charge in [-0.2, -0.15) is 0 Å². The van der Waals surface area contributed by atoms with Crippen LogP contribution in [0.25, 0.3) is 0 Å². The predicted molar refractivity (Wildman–Crippen MR) is 117 cm³/mol. The molecule has 3 atom stereocenters. The van der Waals surface area contributed by atoms with Gasteiger partial charge in [0.05, 0.1) is 12.1 Å². The van der Waals surface area contributed by atoms with Crippen LogP contribution in [0, 0.1) is 5.92 Å². The Morgan fingerprint density at radius 1 is 1.19 bits per heavy atom. The highest BCUT2D eigenvalue weighted by Gasteiger charge is 2.43. The van der Waals surface area contributed by atoms with E-state index in [-0.39, 0.29) is 23.3 Å². The summed E-state index contributed by atoms with van der Waals surface area (Å²) >= 11 is 0. The largest absolute Gasteiger partial charge is 0.444 e. The van der Waals surface area contributed by atoms with E-state index in [0.29, 0.717) is 5.92 Å². The maximum Gasteiger partial charge on any atom is 0.407 e. The van der Waals surface area contributed by atoms with Crippen LogP contribution in [-0.2, 0) is 9.16 Å². The second-order valence-corrected chi connectivity index (χ2v) is 15.3. The maximum absolute atomic E-state index is 12.3. The molecule has 0 spiro atoms. The Bertz CT molecular complexity index is 491. The van der Waals surface area contributed by atoms with E-state index in [0.717, 1.165) is 25.7 Å². The highest BCUT2D eigenvalue weighted by atomic mass is 28.4. The third kappa shape index (κ3) is 8.38. The van der Waals surface area contributed by atoms with Crippen molar-refractivity contribution >= 4 is 14.4 Å². The number of rotatable bonds is 7. The van der Waals surface area contributed by atoms with Gasteiger partial charge in [0.25, 0.3) is 0 Å². The number of carbonyl (C=O) groups excluding carboxylic acids is 1. The molecule has 4 nitrogen and oxygen atoms in total. The number of hydrogen-bond donors (Lipinski definition) is 1. The van der Waals surface area contributed by atoms with Crippen molar-refractivity contribution in [3.63, 3.8) is 0 Å². The lowest BCUT2D eigenvalue weighted by atomic mass is 9.81. The molecule has 0 aromatic carbocycles. The molecule has 0 heterocycles. The fourth-order valence-electron chi connectivity index (χ4n) is 3.33. The van der Waals surface area contributed by atoms with Crippen LogP contribution < -0.4 is 5.32 Å². The molecule has 1 aliphatic carbocycles. The van der Waals surface area contributed by atoms with E-state index in [4.69, 9.17) is 9.16 Å². The lowest BCUT2D eigenvalue weighted by molar-refractivity contribution is 0.0320. The van der Waals surface area contributed by atoms with Gasteiger partial charge in [0.2, 0.25) is 0 Å². The minimum Gasteiger partial charge on any atom is -0.444 e. The van der Waals surface area contributed by atoms with E-state index in [2.05, 4.69) is 45.8 Å². The van der Waals surface area contributed by atoms with Gasteiger partial charge >= 0.3 is 6.09 Å². The Hall–Kier alpha value is -0.813. The molecular formula is C22H43NO3Si. The van der Waals surface area contributed by atoms with E-state index in [1.54, 1.807) is 0 Å². The first-order valence-corrected chi connectivity index (χ1v) is 13.4. The molecule has 0 aromatic rings. The van der Waals surface area contributed by atoms with Gasteiger partial charge in [-0.25, -0.2) is 4.79 Å². The van der Waals surface area contributed by atoms with Gasteiger partial charge in [-0.3, -0.25) is 0 Å². The van der Waals surface area contributed by atoms with Gasteiger partial charge < -0.3 is 14.5 Å². The molecule has 0 saturated heterocycles. The SMILES string of the molecule is C=CCCCC1CCC(NC(=O)OC(C)(C)C)C(O[Si](C)(C)C(C)(C)C)C1. The Morgan fingerprint density at radius 2 is 1.81 bits per heavy atom. The van der Waals surface area contributed by atoms with Crippen molar-refractivity contribution in [3.05, 3.63) is 12.7 Å². The summed E-state index contributed by atoms with van der Waals surface area (Å²) in [4.78, 5) is 12.3. The zero-order valence-corrected chi connectivity index (χ0v) is 20.0. The van der Waals surface area contributed by atoms with Crippen LogP contribution in [0.4, 0.5) is 4.79 Å². The summed E-state index contributed by atoms with van der Waals surface area (Å²) in [5.74, 6) is 0.663. The summed E-state index contributed by atoms with van der Waals surface area (Å²) in [5.41, 5.74) is -0.484. The molecule has 1 rings (SSSR count). The molecule has 5 heteroatoms. The molecular weight excluding hydrogens is 354 g/mol. The van der Waals surface area contributed by atoms with Crippen LogP contribution in [0.2, 0.25) is 18.1 Å². The standard InChI is InChI=1S/C22H43NO3Si/c1-10-11-12-13-17-14-15-18(23-20(24)25-21(2,3)4)19(16-17)26-27(8,9)22(5,6)7/h10,17-19H,1,11-16H2,2-9H3,(H,23,24). The predicted octanol–water partition coefficient (Wildman–Crippen LogP) is 6.43. The van der Waals surface area contributed by atoms with Crippen molar-refractivity contribution in [2.24, 2.45) is 5.92 Å². The summed E-state index contributed by atoms with van der Waals surface area (Å²) in [7, 11) is -1.91. The summed E-state index contributed by atoms with van der Waals surface area (Å²) in [6.45, 7) is 20.9. The Labute approximate surface area is 168 Å². The smallest absolute Gasteiger partial charge is 0.407 e. The summed E-state index contributed by atoms with van der Waals surface area (Å²) in [5, 5.41) is 3.26. The van der Waals surface area contributed by atoms with Gasteiger partial charge in [-0.05, 0) is 76.9 Å². The first-order valence-electron chi connectivity index (χ1n) is 10.5. The monoisotopic (exact) mass is 397 g/mol. The Morgan fingerprint density at radius 3 is 2.33 bits per heavy atom. The number of ether oxygens (including phenoxy) is 1. The van der Waals surface area contributed by atoms with E-state index in [9.17, 15) is 4.79 Å². The fraction of sp³-hybridized carbons (Fsp3) is 0.864. The number of alkyl carbamates (subject to hydrolysis) is 1. The van der Waals surface area contributed by atoms with Crippen LogP contribution in [0.1, 0.15) is 80.1 Å². The second-order valence-electron chi connectivity index (χ2n) is 10.6. The fourth-order valence-corrected chi connectivity index (χ4v) is 4.71. The lowest BCUT2D eigenvalue weighted by Gasteiger charge is -2.44. The van der Waals surface area contributed by atoms with Crippen LogP contribution in [0.5, 0.6) is 0 Å². The minimum atomic E-state index is -1.91. The van der Waals surface area contributed by atoms with Crippen LogP contribution >= 0.6 is 0 Å². The van der Waals surface area contributed by atoms with Crippen molar-refractivity contribution in [2.75, 3.05) is 0 Å². The number of amides is 1. The topological polar surface area (TPSA) is 47.6 Å². The quantitative estimate of drug-likeness (QED) is 0.306. The number of unbranched alkanes of at least 4 members (excludes halogenated alkanes) is 1. The molecule has 1 fully saturated rings. The van der Waals surface area contributed by atoms with E-state index in [1.807, 2.05) is 26.8 Å². The van der Waals surface area contributed by atoms with Gasteiger partial charge in [0, 0.05) is 0 Å². The van der Waals surface area contributed by atoms with Crippen molar-refractivity contribution < 1.29 is 14.0 Å². The summed E-state index contributed by atoms with van der Waals surface area (Å²) < 4.78 is 12.3. The molecule has 27 heavy (non-hydrogen) atoms. The zero-order valence-electron chi connectivity index (χ0n) is 19.0. The number of carbonyl (C=O) groups is 1. The molecule has 0 bridgehead atoms. The Kier molecular flexibility index (Phi) is 8.61. The molecule has 158 valence electrons. The van der Waals surface area contributed by atoms with Crippen molar-refractivity contribution in [2.45, 2.75) is 116 Å². The number of nitrogens with one attached hydrogen (secondary N) is 1. The third-order valence-electron chi connectivity index (χ3n) is 5.88. The lowest BCUT2D eigenvalue weighted by Crippen LogP contribution is -2.54. The number of hydrogen-bond acceptors (Lipinski definition) is 3. The number of allylic oxidation sites excluding steroid dienone is 1. The molecule has 3 unspecified atom stereocenters. The average molecular weight is 398 g/mol. The summed E-state index contributed by atoms with van der Waals surface area (Å²) in [6.07, 6.45) is 8.31. The Balaban J connectivity index is 2.83. The molecule has 1 aliphatic rings. The van der Waals surface area contributed by atoms with Crippen LogP contribution in [-0.4, -0.2) is 32.2 Å². The van der Waals surface area contributed by atoms with Gasteiger partial charge in [-0.15, -0.1) is 6.58 Å². The molecule has 1 N–H and O–H groups in total. The zero-order chi connectivity index (χ0) is 20.9. The van der Waals surface area contributed by atoms with Crippen LogP contribution in [0.3, 0.4) is 0 Å². The molecule has 0 radical (unpaired) electrons. The second kappa shape index (κ2) is 9.60. The molecule has 1 amide bonds. The molecule has 0 aliphatic heterocycles. The van der Waals surface area contributed by atoms with Crippen molar-refractivity contribution in [1.29, 1.82) is 0 Å². The summed E-state index contributed by atoms with van der Waals surface area (Å²) in [6, 6.07) is 0.0321.